The third-order valence-electron chi connectivity index (χ3n) is 2.90. The van der Waals surface area contributed by atoms with Crippen molar-refractivity contribution in [2.45, 2.75) is 6.92 Å². The highest BCUT2D eigenvalue weighted by Crippen LogP contribution is 2.10. The molecule has 0 saturated carbocycles. The predicted molar refractivity (Wildman–Crippen MR) is 87.5 cm³/mol. The molecular weight excluding hydrogens is 260 g/mol. The molecular formula is C19H18O2. The molecule has 21 heavy (non-hydrogen) atoms. The number of hydrogen-bond acceptors (Lipinski definition) is 2. The van der Waals surface area contributed by atoms with Crippen LogP contribution in [-0.2, 0) is 9.53 Å². The third kappa shape index (κ3) is 5.11. The molecule has 0 atom stereocenters. The fraction of sp³-hybridized carbons (Fsp3) is 0.105. The first-order valence-corrected chi connectivity index (χ1v) is 6.96. The topological polar surface area (TPSA) is 26.3 Å². The molecule has 2 nitrogen and oxygen atoms in total. The van der Waals surface area contributed by atoms with E-state index in [2.05, 4.69) is 24.3 Å². The van der Waals surface area contributed by atoms with Crippen molar-refractivity contribution in [1.82, 2.24) is 0 Å². The highest BCUT2D eigenvalue weighted by atomic mass is 16.5. The Hall–Kier alpha value is -2.61. The van der Waals surface area contributed by atoms with Gasteiger partial charge < -0.3 is 4.74 Å². The van der Waals surface area contributed by atoms with Crippen molar-refractivity contribution in [1.29, 1.82) is 0 Å². The fourth-order valence-electron chi connectivity index (χ4n) is 1.83. The minimum atomic E-state index is -0.314. The first-order chi connectivity index (χ1) is 10.3. The van der Waals surface area contributed by atoms with Gasteiger partial charge in [-0.3, -0.25) is 0 Å². The van der Waals surface area contributed by atoms with Crippen molar-refractivity contribution < 1.29 is 9.53 Å². The Morgan fingerprint density at radius 2 is 1.38 bits per heavy atom. The molecule has 0 amide bonds. The predicted octanol–water partition coefficient (Wildman–Crippen LogP) is 4.43. The zero-order valence-corrected chi connectivity index (χ0v) is 12.0. The van der Waals surface area contributed by atoms with Crippen LogP contribution >= 0.6 is 0 Å². The summed E-state index contributed by atoms with van der Waals surface area (Å²) in [6, 6.07) is 18.1. The van der Waals surface area contributed by atoms with Gasteiger partial charge in [0.25, 0.3) is 0 Å². The lowest BCUT2D eigenvalue weighted by Crippen LogP contribution is -1.98. The van der Waals surface area contributed by atoms with Gasteiger partial charge >= 0.3 is 5.97 Å². The summed E-state index contributed by atoms with van der Waals surface area (Å²) in [4.78, 5) is 11.2. The average molecular weight is 278 g/mol. The van der Waals surface area contributed by atoms with E-state index in [1.165, 1.54) is 11.6 Å². The first-order valence-electron chi connectivity index (χ1n) is 6.96. The summed E-state index contributed by atoms with van der Waals surface area (Å²) in [7, 11) is 0. The number of carbonyl (C=O) groups is 1. The summed E-state index contributed by atoms with van der Waals surface area (Å²) >= 11 is 0. The van der Waals surface area contributed by atoms with E-state index >= 15 is 0 Å². The van der Waals surface area contributed by atoms with Gasteiger partial charge in [0.1, 0.15) is 0 Å². The van der Waals surface area contributed by atoms with Crippen LogP contribution in [0.15, 0.2) is 60.7 Å². The van der Waals surface area contributed by atoms with Crippen molar-refractivity contribution >= 4 is 24.2 Å². The van der Waals surface area contributed by atoms with E-state index in [-0.39, 0.29) is 5.97 Å². The van der Waals surface area contributed by atoms with Crippen molar-refractivity contribution in [3.8, 4) is 0 Å². The number of esters is 1. The molecule has 2 aromatic carbocycles. The Morgan fingerprint density at radius 3 is 1.95 bits per heavy atom. The molecule has 2 rings (SSSR count). The van der Waals surface area contributed by atoms with Crippen LogP contribution in [0.5, 0.6) is 0 Å². The van der Waals surface area contributed by atoms with Crippen molar-refractivity contribution in [2.24, 2.45) is 0 Å². The smallest absolute Gasteiger partial charge is 0.330 e. The van der Waals surface area contributed by atoms with E-state index in [1.807, 2.05) is 42.5 Å². The van der Waals surface area contributed by atoms with Crippen LogP contribution < -0.4 is 0 Å². The normalized spacial score (nSPS) is 11.1. The molecule has 0 heterocycles. The highest BCUT2D eigenvalue weighted by Gasteiger charge is 1.94. The van der Waals surface area contributed by atoms with Crippen LogP contribution in [-0.4, -0.2) is 12.6 Å². The molecule has 0 unspecified atom stereocenters. The summed E-state index contributed by atoms with van der Waals surface area (Å²) < 4.78 is 4.84. The molecule has 0 saturated heterocycles. The maximum Gasteiger partial charge on any atom is 0.330 e. The van der Waals surface area contributed by atoms with E-state index in [9.17, 15) is 4.79 Å². The minimum Gasteiger partial charge on any atom is -0.463 e. The van der Waals surface area contributed by atoms with Gasteiger partial charge in [-0.1, -0.05) is 66.7 Å². The molecule has 0 fully saturated rings. The Balaban J connectivity index is 1.99. The lowest BCUT2D eigenvalue weighted by molar-refractivity contribution is -0.137. The van der Waals surface area contributed by atoms with E-state index in [0.29, 0.717) is 6.61 Å². The Morgan fingerprint density at radius 1 is 0.857 bits per heavy atom. The van der Waals surface area contributed by atoms with Crippen LogP contribution in [0.3, 0.4) is 0 Å². The van der Waals surface area contributed by atoms with Gasteiger partial charge in [0.05, 0.1) is 6.61 Å². The summed E-state index contributed by atoms with van der Waals surface area (Å²) in [6.45, 7) is 2.19. The van der Waals surface area contributed by atoms with Crippen molar-refractivity contribution in [3.05, 3.63) is 77.4 Å². The van der Waals surface area contributed by atoms with E-state index in [0.717, 1.165) is 11.1 Å². The molecule has 106 valence electrons. The zero-order valence-electron chi connectivity index (χ0n) is 12.0. The molecule has 0 spiro atoms. The third-order valence-corrected chi connectivity index (χ3v) is 2.90. The number of benzene rings is 2. The second-order valence-corrected chi connectivity index (χ2v) is 4.50. The van der Waals surface area contributed by atoms with Crippen LogP contribution in [0.2, 0.25) is 0 Å². The molecule has 0 aromatic heterocycles. The second kappa shape index (κ2) is 7.85. The molecule has 0 N–H and O–H groups in total. The molecule has 0 aliphatic rings. The van der Waals surface area contributed by atoms with Gasteiger partial charge in [-0.25, -0.2) is 4.79 Å². The minimum absolute atomic E-state index is 0.314. The van der Waals surface area contributed by atoms with Gasteiger partial charge in [0.2, 0.25) is 0 Å². The average Bonchev–Trinajstić information content (AvgIpc) is 2.53. The molecule has 0 bridgehead atoms. The lowest BCUT2D eigenvalue weighted by Gasteiger charge is -1.97. The van der Waals surface area contributed by atoms with Gasteiger partial charge in [-0.15, -0.1) is 0 Å². The van der Waals surface area contributed by atoms with Gasteiger partial charge in [0, 0.05) is 6.08 Å². The summed E-state index contributed by atoms with van der Waals surface area (Å²) in [5, 5.41) is 0. The monoisotopic (exact) mass is 278 g/mol. The fourth-order valence-corrected chi connectivity index (χ4v) is 1.83. The Labute approximate surface area is 125 Å². The lowest BCUT2D eigenvalue weighted by atomic mass is 10.1. The van der Waals surface area contributed by atoms with E-state index in [1.54, 1.807) is 13.0 Å². The maximum absolute atomic E-state index is 11.2. The van der Waals surface area contributed by atoms with Gasteiger partial charge in [-0.2, -0.15) is 0 Å². The van der Waals surface area contributed by atoms with Crippen molar-refractivity contribution in [3.63, 3.8) is 0 Å². The van der Waals surface area contributed by atoms with Crippen LogP contribution in [0.1, 0.15) is 23.6 Å². The molecule has 0 aliphatic carbocycles. The zero-order chi connectivity index (χ0) is 14.9. The first kappa shape index (κ1) is 14.8. The van der Waals surface area contributed by atoms with E-state index < -0.39 is 0 Å². The second-order valence-electron chi connectivity index (χ2n) is 4.50. The number of carbonyl (C=O) groups excluding carboxylic acids is 1. The van der Waals surface area contributed by atoms with Crippen LogP contribution in [0, 0.1) is 0 Å². The SMILES string of the molecule is CCOC(=O)C=Cc1ccc(C=Cc2ccccc2)cc1. The number of hydrogen-bond donors (Lipinski definition) is 0. The number of ether oxygens (including phenoxy) is 1. The Kier molecular flexibility index (Phi) is 5.53. The van der Waals surface area contributed by atoms with E-state index in [4.69, 9.17) is 4.74 Å². The van der Waals surface area contributed by atoms with Crippen LogP contribution in [0.4, 0.5) is 0 Å². The molecule has 0 aliphatic heterocycles. The summed E-state index contributed by atoms with van der Waals surface area (Å²) in [6.07, 6.45) is 7.33. The summed E-state index contributed by atoms with van der Waals surface area (Å²) in [5.74, 6) is -0.314. The highest BCUT2D eigenvalue weighted by molar-refractivity contribution is 5.87. The molecule has 2 heteroatoms. The standard InChI is InChI=1S/C19H18O2/c1-2-21-19(20)15-14-18-12-10-17(11-13-18)9-8-16-6-4-3-5-7-16/h3-15H,2H2,1H3. The summed E-state index contributed by atoms with van der Waals surface area (Å²) in [5.41, 5.74) is 3.26. The largest absolute Gasteiger partial charge is 0.463 e. The van der Waals surface area contributed by atoms with Crippen LogP contribution in [0.25, 0.3) is 18.2 Å². The molecule has 0 radical (unpaired) electrons. The number of rotatable bonds is 5. The van der Waals surface area contributed by atoms with Gasteiger partial charge in [0.15, 0.2) is 0 Å². The van der Waals surface area contributed by atoms with Crippen molar-refractivity contribution in [2.75, 3.05) is 6.61 Å². The van der Waals surface area contributed by atoms with Gasteiger partial charge in [-0.05, 0) is 29.7 Å². The Bertz CT molecular complexity index is 622. The maximum atomic E-state index is 11.2. The quantitative estimate of drug-likeness (QED) is 0.459. The molecule has 2 aromatic rings.